The van der Waals surface area contributed by atoms with Crippen molar-refractivity contribution in [1.82, 2.24) is 4.90 Å². The van der Waals surface area contributed by atoms with Gasteiger partial charge in [-0.25, -0.2) is 0 Å². The van der Waals surface area contributed by atoms with Crippen LogP contribution in [0.3, 0.4) is 0 Å². The minimum absolute atomic E-state index is 0.141. The largest absolute Gasteiger partial charge is 0.481 e. The van der Waals surface area contributed by atoms with Gasteiger partial charge in [0.1, 0.15) is 0 Å². The smallest absolute Gasteiger partial charge is 0.311 e. The Balaban J connectivity index is 1.90. The molecular formula is C11H17NO3. The molecule has 2 rings (SSSR count). The van der Waals surface area contributed by atoms with Crippen LogP contribution in [0.1, 0.15) is 32.6 Å². The Morgan fingerprint density at radius 3 is 2.60 bits per heavy atom. The molecular weight excluding hydrogens is 194 g/mol. The van der Waals surface area contributed by atoms with Gasteiger partial charge in [-0.05, 0) is 32.1 Å². The van der Waals surface area contributed by atoms with E-state index < -0.39 is 11.4 Å². The van der Waals surface area contributed by atoms with Gasteiger partial charge in [-0.1, -0.05) is 0 Å². The van der Waals surface area contributed by atoms with Crippen molar-refractivity contribution >= 4 is 11.9 Å². The number of nitrogens with zero attached hydrogens (tertiary/aromatic N) is 1. The minimum atomic E-state index is -0.788. The van der Waals surface area contributed by atoms with E-state index in [1.165, 1.54) is 0 Å². The maximum absolute atomic E-state index is 11.7. The molecule has 15 heavy (non-hydrogen) atoms. The van der Waals surface area contributed by atoms with E-state index in [1.807, 2.05) is 0 Å². The molecule has 0 aromatic carbocycles. The highest BCUT2D eigenvalue weighted by molar-refractivity contribution is 5.80. The molecule has 1 aliphatic heterocycles. The Labute approximate surface area is 89.3 Å². The van der Waals surface area contributed by atoms with Crippen LogP contribution in [0.4, 0.5) is 0 Å². The highest BCUT2D eigenvalue weighted by Crippen LogP contribution is 2.35. The van der Waals surface area contributed by atoms with Crippen molar-refractivity contribution in [3.8, 4) is 0 Å². The van der Waals surface area contributed by atoms with E-state index in [1.54, 1.807) is 11.8 Å². The summed E-state index contributed by atoms with van der Waals surface area (Å²) in [7, 11) is 0. The maximum atomic E-state index is 11.7. The second-order valence-electron chi connectivity index (χ2n) is 5.08. The van der Waals surface area contributed by atoms with Crippen molar-refractivity contribution in [2.24, 2.45) is 11.3 Å². The second kappa shape index (κ2) is 3.51. The monoisotopic (exact) mass is 211 g/mol. The molecule has 4 heteroatoms. The van der Waals surface area contributed by atoms with E-state index in [4.69, 9.17) is 5.11 Å². The lowest BCUT2D eigenvalue weighted by molar-refractivity contribution is -0.147. The fourth-order valence-corrected chi connectivity index (χ4v) is 2.05. The first-order chi connectivity index (χ1) is 7.01. The van der Waals surface area contributed by atoms with Gasteiger partial charge in [0.05, 0.1) is 5.41 Å². The molecule has 0 aromatic rings. The molecule has 4 nitrogen and oxygen atoms in total. The number of carboxylic acids is 1. The van der Waals surface area contributed by atoms with Crippen molar-refractivity contribution in [3.05, 3.63) is 0 Å². The third-order valence-electron chi connectivity index (χ3n) is 3.50. The fraction of sp³-hybridized carbons (Fsp3) is 0.818. The van der Waals surface area contributed by atoms with Crippen LogP contribution in [-0.4, -0.2) is 35.0 Å². The average molecular weight is 211 g/mol. The zero-order chi connectivity index (χ0) is 11.1. The molecule has 0 aromatic heterocycles. The predicted molar refractivity (Wildman–Crippen MR) is 54.3 cm³/mol. The van der Waals surface area contributed by atoms with Crippen molar-refractivity contribution in [3.63, 3.8) is 0 Å². The van der Waals surface area contributed by atoms with Gasteiger partial charge in [0.2, 0.25) is 5.91 Å². The Morgan fingerprint density at radius 1 is 1.47 bits per heavy atom. The third-order valence-corrected chi connectivity index (χ3v) is 3.50. The molecule has 1 aliphatic carbocycles. The van der Waals surface area contributed by atoms with E-state index in [9.17, 15) is 9.59 Å². The first-order valence-corrected chi connectivity index (χ1v) is 5.52. The summed E-state index contributed by atoms with van der Waals surface area (Å²) >= 11 is 0. The van der Waals surface area contributed by atoms with Crippen LogP contribution in [0.2, 0.25) is 0 Å². The molecule has 1 amide bonds. The third kappa shape index (κ3) is 2.13. The zero-order valence-corrected chi connectivity index (χ0v) is 9.03. The van der Waals surface area contributed by atoms with Crippen LogP contribution in [0.15, 0.2) is 0 Å². The van der Waals surface area contributed by atoms with E-state index in [-0.39, 0.29) is 5.91 Å². The number of hydrogen-bond donors (Lipinski definition) is 1. The second-order valence-corrected chi connectivity index (χ2v) is 5.08. The lowest BCUT2D eigenvalue weighted by atomic mass is 9.90. The molecule has 0 radical (unpaired) electrons. The molecule has 1 saturated heterocycles. The van der Waals surface area contributed by atoms with Crippen molar-refractivity contribution in [2.45, 2.75) is 32.6 Å². The highest BCUT2D eigenvalue weighted by atomic mass is 16.4. The van der Waals surface area contributed by atoms with Crippen LogP contribution >= 0.6 is 0 Å². The van der Waals surface area contributed by atoms with Crippen molar-refractivity contribution in [1.29, 1.82) is 0 Å². The zero-order valence-electron chi connectivity index (χ0n) is 9.03. The van der Waals surface area contributed by atoms with Crippen molar-refractivity contribution < 1.29 is 14.7 Å². The van der Waals surface area contributed by atoms with Crippen LogP contribution in [0.5, 0.6) is 0 Å². The maximum Gasteiger partial charge on any atom is 0.311 e. The summed E-state index contributed by atoms with van der Waals surface area (Å²) in [6.07, 6.45) is 3.53. The van der Waals surface area contributed by atoms with E-state index in [2.05, 4.69) is 0 Å². The summed E-state index contributed by atoms with van der Waals surface area (Å²) in [6, 6.07) is 0. The van der Waals surface area contributed by atoms with Crippen LogP contribution < -0.4 is 0 Å². The number of amides is 1. The summed E-state index contributed by atoms with van der Waals surface area (Å²) < 4.78 is 0. The Kier molecular flexibility index (Phi) is 2.44. The topological polar surface area (TPSA) is 57.6 Å². The van der Waals surface area contributed by atoms with Gasteiger partial charge in [-0.15, -0.1) is 0 Å². The van der Waals surface area contributed by atoms with E-state index in [0.717, 1.165) is 12.8 Å². The van der Waals surface area contributed by atoms with E-state index >= 15 is 0 Å². The number of carbonyl (C=O) groups excluding carboxylic acids is 1. The molecule has 1 N–H and O–H groups in total. The first-order valence-electron chi connectivity index (χ1n) is 5.52. The summed E-state index contributed by atoms with van der Waals surface area (Å²) in [5.41, 5.74) is -0.723. The number of carbonyl (C=O) groups is 2. The average Bonchev–Trinajstić information content (AvgIpc) is 2.87. The fourth-order valence-electron chi connectivity index (χ4n) is 2.05. The Hall–Kier alpha value is -1.06. The van der Waals surface area contributed by atoms with Gasteiger partial charge in [-0.2, -0.15) is 0 Å². The summed E-state index contributed by atoms with van der Waals surface area (Å²) in [4.78, 5) is 24.4. The molecule has 1 atom stereocenters. The standard InChI is InChI=1S/C11H17NO3/c1-11(10(14)15)4-5-12(7-11)9(13)6-8-2-3-8/h8H,2-7H2,1H3,(H,14,15). The molecule has 84 valence electrons. The SMILES string of the molecule is CC1(C(=O)O)CCN(C(=O)CC2CC2)C1. The number of carboxylic acid groups (broad SMARTS) is 1. The van der Waals surface area contributed by atoms with Gasteiger partial charge in [0.25, 0.3) is 0 Å². The van der Waals surface area contributed by atoms with Crippen LogP contribution in [-0.2, 0) is 9.59 Å². The molecule has 2 fully saturated rings. The number of likely N-dealkylation sites (tertiary alicyclic amines) is 1. The molecule has 0 spiro atoms. The lowest BCUT2D eigenvalue weighted by Gasteiger charge is -2.20. The summed E-state index contributed by atoms with van der Waals surface area (Å²) in [5.74, 6) is -0.0686. The highest BCUT2D eigenvalue weighted by Gasteiger charge is 2.42. The van der Waals surface area contributed by atoms with Crippen LogP contribution in [0.25, 0.3) is 0 Å². The van der Waals surface area contributed by atoms with Gasteiger partial charge in [-0.3, -0.25) is 9.59 Å². The summed E-state index contributed by atoms with van der Waals surface area (Å²) in [5, 5.41) is 9.03. The van der Waals surface area contributed by atoms with Gasteiger partial charge >= 0.3 is 5.97 Å². The van der Waals surface area contributed by atoms with Gasteiger partial charge < -0.3 is 10.0 Å². The summed E-state index contributed by atoms with van der Waals surface area (Å²) in [6.45, 7) is 2.71. The van der Waals surface area contributed by atoms with E-state index in [0.29, 0.717) is 31.8 Å². The van der Waals surface area contributed by atoms with Crippen molar-refractivity contribution in [2.75, 3.05) is 13.1 Å². The normalized spacial score (nSPS) is 30.6. The molecule has 1 heterocycles. The molecule has 2 aliphatic rings. The Bertz CT molecular complexity index is 298. The van der Waals surface area contributed by atoms with Gasteiger partial charge in [0, 0.05) is 19.5 Å². The lowest BCUT2D eigenvalue weighted by Crippen LogP contribution is -2.34. The predicted octanol–water partition coefficient (Wildman–Crippen LogP) is 1.11. The quantitative estimate of drug-likeness (QED) is 0.760. The number of rotatable bonds is 3. The molecule has 1 saturated carbocycles. The van der Waals surface area contributed by atoms with Crippen LogP contribution in [0, 0.1) is 11.3 Å². The van der Waals surface area contributed by atoms with Gasteiger partial charge in [0.15, 0.2) is 0 Å². The first kappa shape index (κ1) is 10.5. The minimum Gasteiger partial charge on any atom is -0.481 e. The molecule has 1 unspecified atom stereocenters. The molecule has 0 bridgehead atoms. The number of hydrogen-bond acceptors (Lipinski definition) is 2. The number of aliphatic carboxylic acids is 1. The Morgan fingerprint density at radius 2 is 2.13 bits per heavy atom.